The molecule has 0 saturated heterocycles. The zero-order valence-electron chi connectivity index (χ0n) is 8.81. The Bertz CT molecular complexity index is 393. The van der Waals surface area contributed by atoms with Crippen molar-refractivity contribution in [2.24, 2.45) is 0 Å². The molecule has 0 fully saturated rings. The molecule has 0 aliphatic rings. The van der Waals surface area contributed by atoms with Gasteiger partial charge >= 0.3 is 0 Å². The van der Waals surface area contributed by atoms with Crippen molar-refractivity contribution in [3.63, 3.8) is 0 Å². The Labute approximate surface area is 95.6 Å². The van der Waals surface area contributed by atoms with Gasteiger partial charge in [-0.2, -0.15) is 0 Å². The maximum absolute atomic E-state index is 5.05. The minimum Gasteiger partial charge on any atom is -0.135 e. The molecule has 0 radical (unpaired) electrons. The predicted octanol–water partition coefficient (Wildman–Crippen LogP) is 3.98. The van der Waals surface area contributed by atoms with Gasteiger partial charge in [0.25, 0.3) is 0 Å². The van der Waals surface area contributed by atoms with Crippen LogP contribution < -0.4 is 0 Å². The van der Waals surface area contributed by atoms with Gasteiger partial charge in [0, 0.05) is 0 Å². The molecule has 15 heavy (non-hydrogen) atoms. The van der Waals surface area contributed by atoms with Crippen LogP contribution in [0.15, 0.2) is 47.8 Å². The summed E-state index contributed by atoms with van der Waals surface area (Å²) < 4.78 is 0. The molecule has 0 aliphatic carbocycles. The van der Waals surface area contributed by atoms with Gasteiger partial charge in [0.05, 0.1) is 4.88 Å². The maximum Gasteiger partial charge on any atom is 0.0765 e. The van der Waals surface area contributed by atoms with Crippen molar-refractivity contribution in [3.8, 4) is 12.3 Å². The van der Waals surface area contributed by atoms with Crippen molar-refractivity contribution < 1.29 is 0 Å². The highest BCUT2D eigenvalue weighted by Gasteiger charge is 1.80. The monoisotopic (exact) mass is 214 g/mol. The molecular formula is C14H14S. The van der Waals surface area contributed by atoms with Crippen LogP contribution in [0, 0.1) is 12.3 Å². The number of thiophene rings is 1. The van der Waals surface area contributed by atoms with Gasteiger partial charge in [0.15, 0.2) is 0 Å². The van der Waals surface area contributed by atoms with E-state index in [1.54, 1.807) is 11.3 Å². The van der Waals surface area contributed by atoms with Crippen LogP contribution >= 0.6 is 11.3 Å². The summed E-state index contributed by atoms with van der Waals surface area (Å²) in [5.41, 5.74) is 1.41. The summed E-state index contributed by atoms with van der Waals surface area (Å²) in [5, 5.41) is 1.97. The van der Waals surface area contributed by atoms with Crippen LogP contribution in [-0.2, 0) is 6.42 Å². The zero-order chi connectivity index (χ0) is 10.9. The Morgan fingerprint density at radius 3 is 2.20 bits per heavy atom. The average molecular weight is 214 g/mol. The second-order valence-corrected chi connectivity index (χ2v) is 3.91. The Morgan fingerprint density at radius 2 is 1.87 bits per heavy atom. The second kappa shape index (κ2) is 6.86. The molecule has 0 aliphatic heterocycles. The topological polar surface area (TPSA) is 0 Å². The van der Waals surface area contributed by atoms with Crippen LogP contribution in [0.3, 0.4) is 0 Å². The molecule has 2 aromatic rings. The van der Waals surface area contributed by atoms with Gasteiger partial charge < -0.3 is 0 Å². The van der Waals surface area contributed by atoms with Gasteiger partial charge in [-0.15, -0.1) is 17.8 Å². The molecule has 1 heteroatoms. The largest absolute Gasteiger partial charge is 0.135 e. The highest BCUT2D eigenvalue weighted by molar-refractivity contribution is 7.10. The summed E-state index contributed by atoms with van der Waals surface area (Å²) in [6.45, 7) is 2.16. The SMILES string of the molecule is C#Cc1cccs1.CCc1ccccc1. The number of rotatable bonds is 1. The summed E-state index contributed by atoms with van der Waals surface area (Å²) >= 11 is 1.59. The highest BCUT2D eigenvalue weighted by atomic mass is 32.1. The van der Waals surface area contributed by atoms with E-state index in [2.05, 4.69) is 37.1 Å². The maximum atomic E-state index is 5.05. The van der Waals surface area contributed by atoms with Crippen LogP contribution in [0.4, 0.5) is 0 Å². The van der Waals surface area contributed by atoms with E-state index in [1.165, 1.54) is 5.56 Å². The van der Waals surface area contributed by atoms with E-state index in [9.17, 15) is 0 Å². The first kappa shape index (κ1) is 11.6. The Morgan fingerprint density at radius 1 is 1.13 bits per heavy atom. The first-order valence-electron chi connectivity index (χ1n) is 4.91. The Hall–Kier alpha value is -1.52. The van der Waals surface area contributed by atoms with Gasteiger partial charge in [-0.05, 0) is 23.4 Å². The summed E-state index contributed by atoms with van der Waals surface area (Å²) in [6.07, 6.45) is 6.19. The van der Waals surface area contributed by atoms with Gasteiger partial charge in [-0.25, -0.2) is 0 Å². The van der Waals surface area contributed by atoms with Gasteiger partial charge in [0.2, 0.25) is 0 Å². The number of aryl methyl sites for hydroxylation is 1. The smallest absolute Gasteiger partial charge is 0.0765 e. The Balaban J connectivity index is 0.000000151. The van der Waals surface area contributed by atoms with Crippen molar-refractivity contribution in [2.75, 3.05) is 0 Å². The summed E-state index contributed by atoms with van der Waals surface area (Å²) in [4.78, 5) is 1.00. The van der Waals surface area contributed by atoms with E-state index in [4.69, 9.17) is 6.42 Å². The highest BCUT2D eigenvalue weighted by Crippen LogP contribution is 2.04. The van der Waals surface area contributed by atoms with Crippen molar-refractivity contribution in [2.45, 2.75) is 13.3 Å². The third-order valence-corrected chi connectivity index (χ3v) is 2.72. The standard InChI is InChI=1S/C8H10.C6H4S/c1-2-8-6-4-3-5-7-8;1-2-6-4-3-5-7-6/h3-7H,2H2,1H3;1,3-5H. The molecule has 0 amide bonds. The molecular weight excluding hydrogens is 200 g/mol. The third-order valence-electron chi connectivity index (χ3n) is 1.91. The average Bonchev–Trinajstić information content (AvgIpc) is 2.84. The fourth-order valence-corrected chi connectivity index (χ4v) is 1.60. The van der Waals surface area contributed by atoms with Crippen molar-refractivity contribution in [3.05, 3.63) is 58.3 Å². The lowest BCUT2D eigenvalue weighted by Gasteiger charge is -1.89. The van der Waals surface area contributed by atoms with E-state index < -0.39 is 0 Å². The Kier molecular flexibility index (Phi) is 5.29. The minimum absolute atomic E-state index is 1.00. The quantitative estimate of drug-likeness (QED) is 0.630. The molecule has 0 spiro atoms. The summed E-state index contributed by atoms with van der Waals surface area (Å²) in [7, 11) is 0. The number of hydrogen-bond donors (Lipinski definition) is 0. The van der Waals surface area contributed by atoms with Crippen LogP contribution in [0.2, 0.25) is 0 Å². The fourth-order valence-electron chi connectivity index (χ4n) is 1.07. The van der Waals surface area contributed by atoms with E-state index in [-0.39, 0.29) is 0 Å². The van der Waals surface area contributed by atoms with E-state index in [0.29, 0.717) is 0 Å². The fraction of sp³-hybridized carbons (Fsp3) is 0.143. The van der Waals surface area contributed by atoms with Gasteiger partial charge in [-0.1, -0.05) is 49.2 Å². The molecule has 1 heterocycles. The first-order valence-corrected chi connectivity index (χ1v) is 5.78. The molecule has 2 rings (SSSR count). The van der Waals surface area contributed by atoms with Crippen LogP contribution in [0.5, 0.6) is 0 Å². The molecule has 1 aromatic carbocycles. The molecule has 0 atom stereocenters. The molecule has 0 N–H and O–H groups in total. The normalized spacial score (nSPS) is 8.53. The van der Waals surface area contributed by atoms with Crippen molar-refractivity contribution in [1.82, 2.24) is 0 Å². The van der Waals surface area contributed by atoms with Crippen LogP contribution in [-0.4, -0.2) is 0 Å². The lowest BCUT2D eigenvalue weighted by molar-refractivity contribution is 1.14. The molecule has 76 valence electrons. The number of benzene rings is 1. The zero-order valence-corrected chi connectivity index (χ0v) is 9.63. The molecule has 0 saturated carbocycles. The second-order valence-electron chi connectivity index (χ2n) is 2.96. The lowest BCUT2D eigenvalue weighted by Crippen LogP contribution is -1.73. The van der Waals surface area contributed by atoms with Gasteiger partial charge in [0.1, 0.15) is 0 Å². The molecule has 1 aromatic heterocycles. The van der Waals surface area contributed by atoms with E-state index in [1.807, 2.05) is 23.6 Å². The lowest BCUT2D eigenvalue weighted by atomic mass is 10.2. The molecule has 0 nitrogen and oxygen atoms in total. The number of terminal acetylenes is 1. The van der Waals surface area contributed by atoms with Gasteiger partial charge in [-0.3, -0.25) is 0 Å². The summed E-state index contributed by atoms with van der Waals surface area (Å²) in [6, 6.07) is 14.3. The molecule has 0 bridgehead atoms. The van der Waals surface area contributed by atoms with Crippen molar-refractivity contribution in [1.29, 1.82) is 0 Å². The number of hydrogen-bond acceptors (Lipinski definition) is 1. The van der Waals surface area contributed by atoms with Crippen LogP contribution in [0.1, 0.15) is 17.4 Å². The van der Waals surface area contributed by atoms with Crippen LogP contribution in [0.25, 0.3) is 0 Å². The molecule has 0 unspecified atom stereocenters. The van der Waals surface area contributed by atoms with Crippen molar-refractivity contribution >= 4 is 11.3 Å². The predicted molar refractivity (Wildman–Crippen MR) is 68.1 cm³/mol. The minimum atomic E-state index is 1.00. The van der Waals surface area contributed by atoms with E-state index in [0.717, 1.165) is 11.3 Å². The summed E-state index contributed by atoms with van der Waals surface area (Å²) in [5.74, 6) is 2.53. The first-order chi connectivity index (χ1) is 7.36. The third kappa shape index (κ3) is 4.49. The van der Waals surface area contributed by atoms with E-state index >= 15 is 0 Å².